The SMILES string of the molecule is O=C(c1ccc(F)c(F)c1F)N1CCOC(=O)C12CCCCC2. The fraction of sp³-hybridized carbons (Fsp3) is 0.500. The highest BCUT2D eigenvalue weighted by Crippen LogP contribution is 2.38. The Morgan fingerprint density at radius 3 is 2.48 bits per heavy atom. The Morgan fingerprint density at radius 2 is 1.78 bits per heavy atom. The van der Waals surface area contributed by atoms with E-state index >= 15 is 0 Å². The van der Waals surface area contributed by atoms with Gasteiger partial charge in [-0.15, -0.1) is 0 Å². The van der Waals surface area contributed by atoms with E-state index in [9.17, 15) is 22.8 Å². The maximum absolute atomic E-state index is 13.9. The highest BCUT2D eigenvalue weighted by Gasteiger charge is 2.51. The Labute approximate surface area is 131 Å². The van der Waals surface area contributed by atoms with E-state index in [0.717, 1.165) is 25.3 Å². The summed E-state index contributed by atoms with van der Waals surface area (Å²) in [5, 5.41) is 0. The third kappa shape index (κ3) is 2.48. The summed E-state index contributed by atoms with van der Waals surface area (Å²) in [6.45, 7) is 0.126. The van der Waals surface area contributed by atoms with Crippen LogP contribution in [0.1, 0.15) is 42.5 Å². The lowest BCUT2D eigenvalue weighted by Gasteiger charge is -2.47. The van der Waals surface area contributed by atoms with Crippen molar-refractivity contribution in [2.75, 3.05) is 13.2 Å². The molecule has 1 spiro atoms. The Balaban J connectivity index is 2.00. The second kappa shape index (κ2) is 5.86. The van der Waals surface area contributed by atoms with Crippen LogP contribution >= 0.6 is 0 Å². The molecule has 1 heterocycles. The Bertz CT molecular complexity index is 656. The average molecular weight is 327 g/mol. The number of carbonyl (C=O) groups excluding carboxylic acids is 2. The molecule has 1 saturated carbocycles. The number of amides is 1. The van der Waals surface area contributed by atoms with E-state index in [2.05, 4.69) is 0 Å². The van der Waals surface area contributed by atoms with E-state index in [4.69, 9.17) is 4.74 Å². The fourth-order valence-corrected chi connectivity index (χ4v) is 3.43. The quantitative estimate of drug-likeness (QED) is 0.589. The van der Waals surface area contributed by atoms with Crippen molar-refractivity contribution in [3.8, 4) is 0 Å². The van der Waals surface area contributed by atoms with E-state index in [1.165, 1.54) is 4.90 Å². The number of morpholine rings is 1. The summed E-state index contributed by atoms with van der Waals surface area (Å²) < 4.78 is 45.5. The van der Waals surface area contributed by atoms with Crippen LogP contribution in [0.5, 0.6) is 0 Å². The van der Waals surface area contributed by atoms with Gasteiger partial charge in [-0.1, -0.05) is 19.3 Å². The zero-order valence-corrected chi connectivity index (χ0v) is 12.4. The van der Waals surface area contributed by atoms with Gasteiger partial charge in [0.15, 0.2) is 17.5 Å². The molecule has 0 aromatic heterocycles. The summed E-state index contributed by atoms with van der Waals surface area (Å²) in [7, 11) is 0. The average Bonchev–Trinajstić information content (AvgIpc) is 2.56. The van der Waals surface area contributed by atoms with Gasteiger partial charge in [0.1, 0.15) is 12.1 Å². The number of hydrogen-bond donors (Lipinski definition) is 0. The summed E-state index contributed by atoms with van der Waals surface area (Å²) in [6, 6.07) is 1.62. The van der Waals surface area contributed by atoms with Crippen LogP contribution in [0.25, 0.3) is 0 Å². The van der Waals surface area contributed by atoms with Gasteiger partial charge >= 0.3 is 5.97 Å². The normalized spacial score (nSPS) is 20.5. The van der Waals surface area contributed by atoms with E-state index in [1.54, 1.807) is 0 Å². The molecule has 124 valence electrons. The molecule has 7 heteroatoms. The van der Waals surface area contributed by atoms with Gasteiger partial charge in [0.2, 0.25) is 0 Å². The Hall–Kier alpha value is -2.05. The summed E-state index contributed by atoms with van der Waals surface area (Å²) in [6.07, 6.45) is 3.31. The summed E-state index contributed by atoms with van der Waals surface area (Å²) in [4.78, 5) is 26.2. The van der Waals surface area contributed by atoms with E-state index in [0.29, 0.717) is 18.9 Å². The number of halogens is 3. The molecule has 4 nitrogen and oxygen atoms in total. The molecule has 1 aliphatic carbocycles. The van der Waals surface area contributed by atoms with Crippen molar-refractivity contribution in [2.24, 2.45) is 0 Å². The number of benzene rings is 1. The molecular formula is C16H16F3NO3. The number of ether oxygens (including phenoxy) is 1. The molecule has 2 aliphatic rings. The van der Waals surface area contributed by atoms with Crippen LogP contribution in [-0.2, 0) is 9.53 Å². The van der Waals surface area contributed by atoms with Crippen molar-refractivity contribution < 1.29 is 27.5 Å². The molecular weight excluding hydrogens is 311 g/mol. The second-order valence-corrected chi connectivity index (χ2v) is 5.91. The topological polar surface area (TPSA) is 46.6 Å². The Kier molecular flexibility index (Phi) is 4.04. The van der Waals surface area contributed by atoms with Crippen LogP contribution in [0.2, 0.25) is 0 Å². The molecule has 23 heavy (non-hydrogen) atoms. The summed E-state index contributed by atoms with van der Waals surface area (Å²) in [5.41, 5.74) is -1.69. The first kappa shape index (κ1) is 15.8. The molecule has 2 fully saturated rings. The lowest BCUT2D eigenvalue weighted by molar-refractivity contribution is -0.168. The van der Waals surface area contributed by atoms with Crippen molar-refractivity contribution in [3.05, 3.63) is 35.1 Å². The van der Waals surface area contributed by atoms with Crippen molar-refractivity contribution >= 4 is 11.9 Å². The highest BCUT2D eigenvalue weighted by atomic mass is 19.2. The van der Waals surface area contributed by atoms with Gasteiger partial charge in [-0.25, -0.2) is 18.0 Å². The fourth-order valence-electron chi connectivity index (χ4n) is 3.43. The zero-order chi connectivity index (χ0) is 16.6. The molecule has 1 saturated heterocycles. The number of rotatable bonds is 1. The Morgan fingerprint density at radius 1 is 1.09 bits per heavy atom. The van der Waals surface area contributed by atoms with Gasteiger partial charge in [0, 0.05) is 0 Å². The molecule has 1 aliphatic heterocycles. The van der Waals surface area contributed by atoms with Gasteiger partial charge in [0.05, 0.1) is 12.1 Å². The molecule has 0 radical (unpaired) electrons. The lowest BCUT2D eigenvalue weighted by Crippen LogP contribution is -2.62. The minimum atomic E-state index is -1.69. The molecule has 0 bridgehead atoms. The van der Waals surface area contributed by atoms with Crippen molar-refractivity contribution in [1.82, 2.24) is 4.90 Å². The van der Waals surface area contributed by atoms with Crippen molar-refractivity contribution in [1.29, 1.82) is 0 Å². The smallest absolute Gasteiger partial charge is 0.332 e. The van der Waals surface area contributed by atoms with Crippen LogP contribution in [-0.4, -0.2) is 35.5 Å². The van der Waals surface area contributed by atoms with Gasteiger partial charge < -0.3 is 9.64 Å². The minimum Gasteiger partial charge on any atom is -0.462 e. The van der Waals surface area contributed by atoms with Crippen molar-refractivity contribution in [2.45, 2.75) is 37.6 Å². The number of cyclic esters (lactones) is 1. The molecule has 1 aromatic carbocycles. The van der Waals surface area contributed by atoms with Crippen LogP contribution in [0.3, 0.4) is 0 Å². The molecule has 0 unspecified atom stereocenters. The first-order chi connectivity index (χ1) is 11.0. The summed E-state index contributed by atoms with van der Waals surface area (Å²) in [5.74, 6) is -5.88. The molecule has 0 N–H and O–H groups in total. The number of esters is 1. The van der Waals surface area contributed by atoms with E-state index < -0.39 is 40.4 Å². The van der Waals surface area contributed by atoms with Gasteiger partial charge in [-0.3, -0.25) is 4.79 Å². The predicted octanol–water partition coefficient (Wildman–Crippen LogP) is 2.81. The van der Waals surface area contributed by atoms with E-state index in [-0.39, 0.29) is 13.2 Å². The first-order valence-corrected chi connectivity index (χ1v) is 7.60. The summed E-state index contributed by atoms with van der Waals surface area (Å²) >= 11 is 0. The van der Waals surface area contributed by atoms with Crippen LogP contribution < -0.4 is 0 Å². The van der Waals surface area contributed by atoms with Crippen LogP contribution in [0, 0.1) is 17.5 Å². The third-order valence-electron chi connectivity index (χ3n) is 4.64. The standard InChI is InChI=1S/C16H16F3NO3/c17-11-5-4-10(12(18)13(11)19)14(21)20-8-9-23-15(22)16(20)6-2-1-3-7-16/h4-5H,1-3,6-9H2. The van der Waals surface area contributed by atoms with Gasteiger partial charge in [0.25, 0.3) is 5.91 Å². The molecule has 1 amide bonds. The molecule has 3 rings (SSSR count). The largest absolute Gasteiger partial charge is 0.462 e. The molecule has 1 aromatic rings. The maximum Gasteiger partial charge on any atom is 0.332 e. The number of carbonyl (C=O) groups is 2. The van der Waals surface area contributed by atoms with Crippen LogP contribution in [0.15, 0.2) is 12.1 Å². The highest BCUT2D eigenvalue weighted by molar-refractivity contribution is 5.99. The van der Waals surface area contributed by atoms with Crippen molar-refractivity contribution in [3.63, 3.8) is 0 Å². The minimum absolute atomic E-state index is 0.0115. The maximum atomic E-state index is 13.9. The first-order valence-electron chi connectivity index (χ1n) is 7.60. The van der Waals surface area contributed by atoms with E-state index in [1.807, 2.05) is 0 Å². The van der Waals surface area contributed by atoms with Gasteiger partial charge in [-0.05, 0) is 25.0 Å². The van der Waals surface area contributed by atoms with Crippen LogP contribution in [0.4, 0.5) is 13.2 Å². The second-order valence-electron chi connectivity index (χ2n) is 5.91. The number of hydrogen-bond acceptors (Lipinski definition) is 3. The zero-order valence-electron chi connectivity index (χ0n) is 12.4. The number of nitrogens with zero attached hydrogens (tertiary/aromatic N) is 1. The third-order valence-corrected chi connectivity index (χ3v) is 4.64. The molecule has 0 atom stereocenters. The van der Waals surface area contributed by atoms with Gasteiger partial charge in [-0.2, -0.15) is 0 Å². The lowest BCUT2D eigenvalue weighted by atomic mass is 9.79. The predicted molar refractivity (Wildman–Crippen MR) is 74.1 cm³/mol. The monoisotopic (exact) mass is 327 g/mol.